The Bertz CT molecular complexity index is 872. The van der Waals surface area contributed by atoms with Gasteiger partial charge in [-0.15, -0.1) is 0 Å². The number of hydrogen-bond donors (Lipinski definition) is 2. The van der Waals surface area contributed by atoms with Crippen LogP contribution in [0.15, 0.2) is 29.3 Å². The van der Waals surface area contributed by atoms with Crippen LogP contribution in [0.3, 0.4) is 0 Å². The summed E-state index contributed by atoms with van der Waals surface area (Å²) in [5, 5.41) is 11.4. The van der Waals surface area contributed by atoms with Gasteiger partial charge in [0.25, 0.3) is 5.91 Å². The van der Waals surface area contributed by atoms with Gasteiger partial charge in [0, 0.05) is 52.1 Å². The Labute approximate surface area is 172 Å². The summed E-state index contributed by atoms with van der Waals surface area (Å²) < 4.78 is 2.01. The Kier molecular flexibility index (Phi) is 6.85. The van der Waals surface area contributed by atoms with Gasteiger partial charge in [-0.1, -0.05) is 19.1 Å². The van der Waals surface area contributed by atoms with E-state index < -0.39 is 0 Å². The number of guanidine groups is 1. The molecule has 1 atom stereocenters. The van der Waals surface area contributed by atoms with Crippen LogP contribution >= 0.6 is 0 Å². The number of fused-ring (bicyclic) bond motifs is 1. The molecule has 2 N–H and O–H groups in total. The number of nitrogens with zero attached hydrogens (tertiary/aromatic N) is 5. The van der Waals surface area contributed by atoms with E-state index in [-0.39, 0.29) is 11.9 Å². The SMILES string of the molecule is CCc1nc2n(n1)CC(NC(=NC)NCCc1cccc(C(=O)N(C)C)c1)CC2. The molecule has 156 valence electrons. The monoisotopic (exact) mass is 397 g/mol. The topological polar surface area (TPSA) is 87.4 Å². The first-order valence-corrected chi connectivity index (χ1v) is 10.2. The van der Waals surface area contributed by atoms with E-state index in [4.69, 9.17) is 0 Å². The zero-order valence-electron chi connectivity index (χ0n) is 17.8. The number of rotatable bonds is 6. The van der Waals surface area contributed by atoms with Crippen molar-refractivity contribution in [2.24, 2.45) is 4.99 Å². The molecular formula is C21H31N7O. The zero-order chi connectivity index (χ0) is 20.8. The van der Waals surface area contributed by atoms with Crippen molar-refractivity contribution in [1.29, 1.82) is 0 Å². The molecule has 1 aromatic heterocycles. The Morgan fingerprint density at radius 1 is 1.38 bits per heavy atom. The molecule has 8 nitrogen and oxygen atoms in total. The fraction of sp³-hybridized carbons (Fsp3) is 0.524. The van der Waals surface area contributed by atoms with E-state index in [0.29, 0.717) is 5.56 Å². The van der Waals surface area contributed by atoms with Crippen molar-refractivity contribution in [3.8, 4) is 0 Å². The molecule has 0 saturated heterocycles. The fourth-order valence-electron chi connectivity index (χ4n) is 3.46. The first-order chi connectivity index (χ1) is 14.0. The van der Waals surface area contributed by atoms with Gasteiger partial charge in [0.05, 0.1) is 6.54 Å². The number of benzene rings is 1. The predicted octanol–water partition coefficient (Wildman–Crippen LogP) is 1.26. The summed E-state index contributed by atoms with van der Waals surface area (Å²) in [7, 11) is 5.32. The van der Waals surface area contributed by atoms with Crippen molar-refractivity contribution >= 4 is 11.9 Å². The molecular weight excluding hydrogens is 366 g/mol. The van der Waals surface area contributed by atoms with E-state index in [1.165, 1.54) is 0 Å². The van der Waals surface area contributed by atoms with Crippen molar-refractivity contribution in [2.75, 3.05) is 27.7 Å². The van der Waals surface area contributed by atoms with Gasteiger partial charge >= 0.3 is 0 Å². The Morgan fingerprint density at radius 3 is 2.93 bits per heavy atom. The van der Waals surface area contributed by atoms with Crippen LogP contribution < -0.4 is 10.6 Å². The second kappa shape index (κ2) is 9.54. The quantitative estimate of drug-likeness (QED) is 0.566. The van der Waals surface area contributed by atoms with E-state index in [0.717, 1.165) is 61.9 Å². The third-order valence-electron chi connectivity index (χ3n) is 5.07. The van der Waals surface area contributed by atoms with Crippen LogP contribution in [0.25, 0.3) is 0 Å². The third kappa shape index (κ3) is 5.34. The lowest BCUT2D eigenvalue weighted by molar-refractivity contribution is 0.0827. The fourth-order valence-corrected chi connectivity index (χ4v) is 3.46. The zero-order valence-corrected chi connectivity index (χ0v) is 17.8. The molecule has 1 amide bonds. The molecule has 1 aliphatic rings. The number of nitrogens with one attached hydrogen (secondary N) is 2. The lowest BCUT2D eigenvalue weighted by atomic mass is 10.1. The Morgan fingerprint density at radius 2 is 2.21 bits per heavy atom. The lowest BCUT2D eigenvalue weighted by Gasteiger charge is -2.25. The van der Waals surface area contributed by atoms with Crippen molar-refractivity contribution in [3.05, 3.63) is 47.0 Å². The molecule has 0 spiro atoms. The van der Waals surface area contributed by atoms with E-state index in [1.54, 1.807) is 26.0 Å². The molecule has 1 unspecified atom stereocenters. The second-order valence-electron chi connectivity index (χ2n) is 7.51. The number of amides is 1. The smallest absolute Gasteiger partial charge is 0.253 e. The van der Waals surface area contributed by atoms with Crippen LogP contribution in [0.4, 0.5) is 0 Å². The van der Waals surface area contributed by atoms with Crippen LogP contribution in [0.5, 0.6) is 0 Å². The van der Waals surface area contributed by atoms with Crippen molar-refractivity contribution in [1.82, 2.24) is 30.3 Å². The molecule has 0 fully saturated rings. The van der Waals surface area contributed by atoms with E-state index >= 15 is 0 Å². The summed E-state index contributed by atoms with van der Waals surface area (Å²) in [6.07, 6.45) is 3.61. The molecule has 0 bridgehead atoms. The Balaban J connectivity index is 1.50. The maximum atomic E-state index is 12.1. The summed E-state index contributed by atoms with van der Waals surface area (Å²) >= 11 is 0. The first-order valence-electron chi connectivity index (χ1n) is 10.2. The van der Waals surface area contributed by atoms with Gasteiger partial charge in [0.1, 0.15) is 5.82 Å². The van der Waals surface area contributed by atoms with Crippen LogP contribution in [0, 0.1) is 0 Å². The number of aryl methyl sites for hydroxylation is 2. The minimum absolute atomic E-state index is 0.0216. The highest BCUT2D eigenvalue weighted by Gasteiger charge is 2.22. The average molecular weight is 398 g/mol. The molecule has 2 aromatic rings. The van der Waals surface area contributed by atoms with Crippen molar-refractivity contribution in [2.45, 2.75) is 45.2 Å². The first kappa shape index (κ1) is 20.8. The average Bonchev–Trinajstić information content (AvgIpc) is 3.15. The molecule has 3 rings (SSSR count). The second-order valence-corrected chi connectivity index (χ2v) is 7.51. The van der Waals surface area contributed by atoms with Crippen molar-refractivity contribution < 1.29 is 4.79 Å². The van der Waals surface area contributed by atoms with E-state index in [9.17, 15) is 4.79 Å². The molecule has 0 saturated carbocycles. The molecule has 1 aromatic carbocycles. The molecule has 0 aliphatic carbocycles. The van der Waals surface area contributed by atoms with Crippen LogP contribution in [0.1, 0.15) is 40.9 Å². The molecule has 29 heavy (non-hydrogen) atoms. The molecule has 8 heteroatoms. The van der Waals surface area contributed by atoms with Crippen molar-refractivity contribution in [3.63, 3.8) is 0 Å². The normalized spacial score (nSPS) is 16.3. The maximum Gasteiger partial charge on any atom is 0.253 e. The highest BCUT2D eigenvalue weighted by atomic mass is 16.2. The number of carbonyl (C=O) groups excluding carboxylic acids is 1. The van der Waals surface area contributed by atoms with Gasteiger partial charge in [0.2, 0.25) is 0 Å². The van der Waals surface area contributed by atoms with Crippen LogP contribution in [0.2, 0.25) is 0 Å². The predicted molar refractivity (Wildman–Crippen MR) is 114 cm³/mol. The van der Waals surface area contributed by atoms with Gasteiger partial charge in [-0.25, -0.2) is 9.67 Å². The van der Waals surface area contributed by atoms with Gasteiger partial charge < -0.3 is 15.5 Å². The number of aromatic nitrogens is 3. The minimum atomic E-state index is 0.0216. The highest BCUT2D eigenvalue weighted by Crippen LogP contribution is 2.13. The molecule has 0 radical (unpaired) electrons. The van der Waals surface area contributed by atoms with E-state index in [2.05, 4.69) is 32.6 Å². The largest absolute Gasteiger partial charge is 0.356 e. The highest BCUT2D eigenvalue weighted by molar-refractivity contribution is 5.94. The number of aliphatic imine (C=N–C) groups is 1. The Hall–Kier alpha value is -2.90. The summed E-state index contributed by atoms with van der Waals surface area (Å²) in [5.74, 6) is 2.80. The van der Waals surface area contributed by atoms with Gasteiger partial charge in [0.15, 0.2) is 11.8 Å². The summed E-state index contributed by atoms with van der Waals surface area (Å²) in [4.78, 5) is 22.6. The van der Waals surface area contributed by atoms with Gasteiger partial charge in [-0.3, -0.25) is 9.79 Å². The summed E-state index contributed by atoms with van der Waals surface area (Å²) in [6.45, 7) is 3.62. The third-order valence-corrected chi connectivity index (χ3v) is 5.07. The number of carbonyl (C=O) groups is 1. The maximum absolute atomic E-state index is 12.1. The minimum Gasteiger partial charge on any atom is -0.356 e. The standard InChI is InChI=1S/C21H31N7O/c1-5-18-25-19-10-9-17(14-28(19)26-18)24-21(22-2)23-12-11-15-7-6-8-16(13-15)20(29)27(3)4/h6-8,13,17H,5,9-12,14H2,1-4H3,(H2,22,23,24). The summed E-state index contributed by atoms with van der Waals surface area (Å²) in [6, 6.07) is 8.07. The van der Waals surface area contributed by atoms with Gasteiger partial charge in [-0.05, 0) is 30.5 Å². The molecule has 2 heterocycles. The number of hydrogen-bond acceptors (Lipinski definition) is 4. The van der Waals surface area contributed by atoms with Gasteiger partial charge in [-0.2, -0.15) is 5.10 Å². The lowest BCUT2D eigenvalue weighted by Crippen LogP contribution is -2.47. The summed E-state index contributed by atoms with van der Waals surface area (Å²) in [5.41, 5.74) is 1.84. The van der Waals surface area contributed by atoms with Crippen LogP contribution in [-0.2, 0) is 25.8 Å². The van der Waals surface area contributed by atoms with Crippen LogP contribution in [-0.4, -0.2) is 65.3 Å². The molecule has 1 aliphatic heterocycles. The van der Waals surface area contributed by atoms with E-state index in [1.807, 2.05) is 28.9 Å².